The van der Waals surface area contributed by atoms with Gasteiger partial charge in [-0.05, 0) is 40.9 Å². The van der Waals surface area contributed by atoms with E-state index in [1.54, 1.807) is 0 Å². The maximum atomic E-state index is 2.55. The van der Waals surface area contributed by atoms with Gasteiger partial charge in [0.25, 0.3) is 0 Å². The van der Waals surface area contributed by atoms with Crippen molar-refractivity contribution in [3.63, 3.8) is 0 Å². The van der Waals surface area contributed by atoms with Crippen LogP contribution in [0.25, 0.3) is 0 Å². The molecule has 0 nitrogen and oxygen atoms in total. The van der Waals surface area contributed by atoms with Gasteiger partial charge < -0.3 is 0 Å². The van der Waals surface area contributed by atoms with E-state index in [2.05, 4.69) is 55.4 Å². The lowest BCUT2D eigenvalue weighted by molar-refractivity contribution is -0.121. The van der Waals surface area contributed by atoms with Crippen molar-refractivity contribution in [3.05, 3.63) is 0 Å². The highest BCUT2D eigenvalue weighted by Crippen LogP contribution is 2.63. The van der Waals surface area contributed by atoms with Crippen molar-refractivity contribution in [2.75, 3.05) is 0 Å². The van der Waals surface area contributed by atoms with Gasteiger partial charge in [0, 0.05) is 0 Å². The Balaban J connectivity index is 3.30. The van der Waals surface area contributed by atoms with Crippen molar-refractivity contribution >= 4 is 0 Å². The van der Waals surface area contributed by atoms with Crippen molar-refractivity contribution in [1.82, 2.24) is 0 Å². The summed E-state index contributed by atoms with van der Waals surface area (Å²) in [6, 6.07) is 0. The summed E-state index contributed by atoms with van der Waals surface area (Å²) in [5.41, 5.74) is 1.19. The van der Waals surface area contributed by atoms with Crippen LogP contribution in [-0.4, -0.2) is 0 Å². The molecule has 1 rings (SSSR count). The average Bonchev–Trinajstić information content (AvgIpc) is 2.48. The van der Waals surface area contributed by atoms with Gasteiger partial charge in [-0.25, -0.2) is 0 Å². The Labute approximate surface area is 154 Å². The molecule has 0 radical (unpaired) electrons. The van der Waals surface area contributed by atoms with Gasteiger partial charge in [0.15, 0.2) is 0 Å². The third-order valence-electron chi connectivity index (χ3n) is 7.29. The molecule has 144 valence electrons. The van der Waals surface area contributed by atoms with Crippen molar-refractivity contribution < 1.29 is 0 Å². The van der Waals surface area contributed by atoms with Crippen molar-refractivity contribution in [3.8, 4) is 0 Å². The summed E-state index contributed by atoms with van der Waals surface area (Å²) >= 11 is 0. The molecule has 0 N–H and O–H groups in total. The molecule has 0 bridgehead atoms. The van der Waals surface area contributed by atoms with Gasteiger partial charge in [0.2, 0.25) is 0 Å². The first-order chi connectivity index (χ1) is 11.1. The molecule has 1 saturated carbocycles. The molecule has 24 heavy (non-hydrogen) atoms. The number of rotatable bonds is 8. The van der Waals surface area contributed by atoms with Crippen LogP contribution in [0.2, 0.25) is 0 Å². The molecule has 1 unspecified atom stereocenters. The molecule has 1 fully saturated rings. The summed E-state index contributed by atoms with van der Waals surface area (Å²) in [7, 11) is 0. The third kappa shape index (κ3) is 4.79. The summed E-state index contributed by atoms with van der Waals surface area (Å²) in [6.45, 7) is 20.0. The molecule has 0 aromatic rings. The van der Waals surface area contributed by atoms with Crippen molar-refractivity contribution in [2.45, 2.75) is 126 Å². The van der Waals surface area contributed by atoms with E-state index in [1.165, 1.54) is 70.6 Å². The zero-order chi connectivity index (χ0) is 18.4. The molecule has 0 aromatic heterocycles. The van der Waals surface area contributed by atoms with E-state index in [4.69, 9.17) is 0 Å². The first-order valence-corrected chi connectivity index (χ1v) is 11.1. The van der Waals surface area contributed by atoms with Gasteiger partial charge in [-0.1, -0.05) is 113 Å². The van der Waals surface area contributed by atoms with E-state index in [9.17, 15) is 0 Å². The Bertz CT molecular complexity index is 318. The van der Waals surface area contributed by atoms with Crippen LogP contribution in [0.3, 0.4) is 0 Å². The second-order valence-electron chi connectivity index (χ2n) is 10.7. The Hall–Kier alpha value is 0. The van der Waals surface area contributed by atoms with Crippen LogP contribution in [0, 0.1) is 28.1 Å². The quantitative estimate of drug-likeness (QED) is 0.389. The molecule has 1 aliphatic carbocycles. The average molecular weight is 337 g/mol. The van der Waals surface area contributed by atoms with Crippen LogP contribution in [0.1, 0.15) is 126 Å². The zero-order valence-electron chi connectivity index (χ0n) is 18.4. The molecule has 0 aliphatic heterocycles. The van der Waals surface area contributed by atoms with E-state index in [0.29, 0.717) is 16.2 Å². The first-order valence-electron chi connectivity index (χ1n) is 11.1. The van der Waals surface area contributed by atoms with Crippen LogP contribution in [0.15, 0.2) is 0 Å². The van der Waals surface area contributed by atoms with Crippen LogP contribution in [0.4, 0.5) is 0 Å². The van der Waals surface area contributed by atoms with Gasteiger partial charge in [0.1, 0.15) is 0 Å². The van der Waals surface area contributed by atoms with E-state index in [-0.39, 0.29) is 0 Å². The Morgan fingerprint density at radius 1 is 0.750 bits per heavy atom. The number of hydrogen-bond donors (Lipinski definition) is 0. The van der Waals surface area contributed by atoms with Gasteiger partial charge >= 0.3 is 0 Å². The van der Waals surface area contributed by atoms with Crippen LogP contribution < -0.4 is 0 Å². The summed E-state index contributed by atoms with van der Waals surface area (Å²) in [5.74, 6) is 1.88. The molecule has 0 saturated heterocycles. The summed E-state index contributed by atoms with van der Waals surface area (Å²) in [4.78, 5) is 0. The summed E-state index contributed by atoms with van der Waals surface area (Å²) in [6.07, 6.45) is 15.8. The van der Waals surface area contributed by atoms with E-state index >= 15 is 0 Å². The van der Waals surface area contributed by atoms with Gasteiger partial charge in [-0.3, -0.25) is 0 Å². The maximum absolute atomic E-state index is 2.55. The second kappa shape index (κ2) is 9.09. The lowest BCUT2D eigenvalue weighted by Gasteiger charge is -2.61. The minimum absolute atomic E-state index is 0.371. The fourth-order valence-corrected chi connectivity index (χ4v) is 6.60. The van der Waals surface area contributed by atoms with Crippen LogP contribution in [-0.2, 0) is 0 Å². The number of hydrogen-bond acceptors (Lipinski definition) is 0. The SMILES string of the molecule is CCCCCC(C1CCCCC1)C(CCC)(C(C)(C)C)C(C)(C)C. The normalized spacial score (nSPS) is 19.5. The lowest BCUT2D eigenvalue weighted by atomic mass is 9.44. The summed E-state index contributed by atoms with van der Waals surface area (Å²) in [5, 5.41) is 0. The van der Waals surface area contributed by atoms with Gasteiger partial charge in [0.05, 0.1) is 0 Å². The predicted octanol–water partition coefficient (Wildman–Crippen LogP) is 8.64. The van der Waals surface area contributed by atoms with Crippen LogP contribution in [0.5, 0.6) is 0 Å². The molecule has 1 atom stereocenters. The lowest BCUT2D eigenvalue weighted by Crippen LogP contribution is -2.54. The smallest absolute Gasteiger partial charge is 0.0169 e. The largest absolute Gasteiger partial charge is 0.0654 e. The number of unbranched alkanes of at least 4 members (excludes halogenated alkanes) is 2. The van der Waals surface area contributed by atoms with Crippen molar-refractivity contribution in [2.24, 2.45) is 28.1 Å². The molecule has 0 spiro atoms. The minimum atomic E-state index is 0.371. The third-order valence-corrected chi connectivity index (χ3v) is 7.29. The van der Waals surface area contributed by atoms with E-state index < -0.39 is 0 Å². The highest BCUT2D eigenvalue weighted by Gasteiger charge is 2.55. The van der Waals surface area contributed by atoms with Gasteiger partial charge in [-0.2, -0.15) is 0 Å². The molecule has 0 heterocycles. The van der Waals surface area contributed by atoms with Crippen molar-refractivity contribution in [1.29, 1.82) is 0 Å². The fraction of sp³-hybridized carbons (Fsp3) is 1.00. The Morgan fingerprint density at radius 2 is 1.29 bits per heavy atom. The molecule has 0 heteroatoms. The predicted molar refractivity (Wildman–Crippen MR) is 110 cm³/mol. The topological polar surface area (TPSA) is 0 Å². The second-order valence-corrected chi connectivity index (χ2v) is 10.7. The first kappa shape index (κ1) is 22.0. The zero-order valence-corrected chi connectivity index (χ0v) is 18.4. The highest BCUT2D eigenvalue weighted by molar-refractivity contribution is 5.04. The Kier molecular flexibility index (Phi) is 8.35. The molecule has 0 amide bonds. The highest BCUT2D eigenvalue weighted by atomic mass is 14.6. The Morgan fingerprint density at radius 3 is 1.71 bits per heavy atom. The molecular formula is C24H48. The van der Waals surface area contributed by atoms with E-state index in [1.807, 2.05) is 0 Å². The molecule has 0 aromatic carbocycles. The van der Waals surface area contributed by atoms with Crippen LogP contribution >= 0.6 is 0 Å². The standard InChI is InChI=1S/C24H48/c1-9-11-13-18-21(20-16-14-12-15-17-20)24(19-10-2,22(3,4)5)23(6,7)8/h20-21H,9-19H2,1-8H3. The maximum Gasteiger partial charge on any atom is -0.0169 e. The van der Waals surface area contributed by atoms with E-state index in [0.717, 1.165) is 11.8 Å². The monoisotopic (exact) mass is 336 g/mol. The molecule has 1 aliphatic rings. The van der Waals surface area contributed by atoms with Gasteiger partial charge in [-0.15, -0.1) is 0 Å². The molecular weight excluding hydrogens is 288 g/mol. The summed E-state index contributed by atoms with van der Waals surface area (Å²) < 4.78 is 0. The fourth-order valence-electron chi connectivity index (χ4n) is 6.60. The minimum Gasteiger partial charge on any atom is -0.0654 e.